The smallest absolute Gasteiger partial charge is 0.253 e. The Morgan fingerprint density at radius 1 is 1.20 bits per heavy atom. The molecule has 0 saturated carbocycles. The molecule has 25 heavy (non-hydrogen) atoms. The number of thiophene rings is 1. The van der Waals surface area contributed by atoms with Crippen LogP contribution in [0.25, 0.3) is 0 Å². The highest BCUT2D eigenvalue weighted by Gasteiger charge is 2.39. The highest BCUT2D eigenvalue weighted by atomic mass is 35.5. The first kappa shape index (κ1) is 18.7. The molecule has 2 heterocycles. The number of nitrogens with zero attached hydrogens (tertiary/aromatic N) is 1. The van der Waals surface area contributed by atoms with Crippen LogP contribution in [0.4, 0.5) is 0 Å². The van der Waals surface area contributed by atoms with E-state index in [4.69, 9.17) is 23.2 Å². The van der Waals surface area contributed by atoms with Crippen LogP contribution in [0.1, 0.15) is 18.4 Å². The fraction of sp³-hybridized carbons (Fsp3) is 0.312. The Bertz CT molecular complexity index is 866. The summed E-state index contributed by atoms with van der Waals surface area (Å²) in [7, 11) is -3.71. The number of nitrogens with one attached hydrogen (secondary N) is 1. The number of amides is 1. The van der Waals surface area contributed by atoms with E-state index in [1.165, 1.54) is 10.4 Å². The van der Waals surface area contributed by atoms with Crippen molar-refractivity contribution in [2.24, 2.45) is 0 Å². The first-order chi connectivity index (χ1) is 11.9. The third kappa shape index (κ3) is 4.17. The fourth-order valence-electron chi connectivity index (χ4n) is 2.75. The molecule has 3 rings (SSSR count). The van der Waals surface area contributed by atoms with E-state index in [0.29, 0.717) is 35.3 Å². The molecule has 0 aliphatic carbocycles. The predicted octanol–water partition coefficient (Wildman–Crippen LogP) is 3.52. The van der Waals surface area contributed by atoms with Crippen LogP contribution in [0.2, 0.25) is 9.36 Å². The number of rotatable bonds is 5. The van der Waals surface area contributed by atoms with Crippen LogP contribution >= 0.6 is 34.5 Å². The predicted molar refractivity (Wildman–Crippen MR) is 99.5 cm³/mol. The van der Waals surface area contributed by atoms with Crippen molar-refractivity contribution in [3.05, 3.63) is 51.3 Å². The van der Waals surface area contributed by atoms with E-state index >= 15 is 0 Å². The Kier molecular flexibility index (Phi) is 5.70. The zero-order valence-electron chi connectivity index (χ0n) is 13.1. The average molecular weight is 419 g/mol. The van der Waals surface area contributed by atoms with Gasteiger partial charge in [0.25, 0.3) is 10.0 Å². The zero-order valence-corrected chi connectivity index (χ0v) is 16.3. The summed E-state index contributed by atoms with van der Waals surface area (Å²) >= 11 is 12.7. The van der Waals surface area contributed by atoms with Gasteiger partial charge in [0.1, 0.15) is 10.3 Å². The Labute approximate surface area is 160 Å². The Morgan fingerprint density at radius 2 is 1.92 bits per heavy atom. The third-order valence-corrected chi connectivity index (χ3v) is 7.86. The van der Waals surface area contributed by atoms with Gasteiger partial charge in [0.05, 0.1) is 4.34 Å². The maximum Gasteiger partial charge on any atom is 0.253 e. The molecule has 134 valence electrons. The number of sulfonamides is 1. The zero-order chi connectivity index (χ0) is 18.0. The second kappa shape index (κ2) is 7.63. The van der Waals surface area contributed by atoms with Crippen molar-refractivity contribution >= 4 is 50.5 Å². The largest absolute Gasteiger partial charge is 0.351 e. The van der Waals surface area contributed by atoms with Crippen molar-refractivity contribution in [1.29, 1.82) is 0 Å². The van der Waals surface area contributed by atoms with E-state index < -0.39 is 16.1 Å². The molecule has 0 radical (unpaired) electrons. The minimum Gasteiger partial charge on any atom is -0.351 e. The second-order valence-electron chi connectivity index (χ2n) is 5.68. The molecule has 1 fully saturated rings. The first-order valence-corrected chi connectivity index (χ1v) is 10.7. The fourth-order valence-corrected chi connectivity index (χ4v) is 6.15. The van der Waals surface area contributed by atoms with Gasteiger partial charge < -0.3 is 5.32 Å². The van der Waals surface area contributed by atoms with Crippen molar-refractivity contribution in [3.8, 4) is 0 Å². The standard InChI is InChI=1S/C16H16Cl2N2O3S2/c17-12-5-3-11(4-6-12)10-19-16(21)13-2-1-9-20(13)25(22,23)15-8-7-14(18)24-15/h3-8,13H,1-2,9-10H2,(H,19,21)/t13-/m0/s1. The molecule has 1 atom stereocenters. The van der Waals surface area contributed by atoms with Crippen molar-refractivity contribution in [2.75, 3.05) is 6.54 Å². The molecular formula is C16H16Cl2N2O3S2. The molecule has 9 heteroatoms. The number of hydrogen-bond acceptors (Lipinski definition) is 4. The second-order valence-corrected chi connectivity index (χ2v) is 9.95. The van der Waals surface area contributed by atoms with Crippen molar-refractivity contribution in [2.45, 2.75) is 29.6 Å². The highest BCUT2D eigenvalue weighted by Crippen LogP contribution is 2.32. The summed E-state index contributed by atoms with van der Waals surface area (Å²) in [6, 6.07) is 9.46. The molecule has 1 N–H and O–H groups in total. The monoisotopic (exact) mass is 418 g/mol. The van der Waals surface area contributed by atoms with Crippen molar-refractivity contribution in [3.63, 3.8) is 0 Å². The number of benzene rings is 1. The van der Waals surface area contributed by atoms with Crippen LogP contribution in [0.5, 0.6) is 0 Å². The van der Waals surface area contributed by atoms with Gasteiger partial charge in [-0.2, -0.15) is 4.31 Å². The lowest BCUT2D eigenvalue weighted by Gasteiger charge is -2.22. The van der Waals surface area contributed by atoms with Crippen LogP contribution in [0, 0.1) is 0 Å². The van der Waals surface area contributed by atoms with Gasteiger partial charge in [-0.3, -0.25) is 4.79 Å². The molecule has 0 bridgehead atoms. The lowest BCUT2D eigenvalue weighted by Crippen LogP contribution is -2.45. The number of halogens is 2. The van der Waals surface area contributed by atoms with Crippen molar-refractivity contribution in [1.82, 2.24) is 9.62 Å². The molecule has 1 aliphatic rings. The highest BCUT2D eigenvalue weighted by molar-refractivity contribution is 7.91. The molecule has 2 aromatic rings. The lowest BCUT2D eigenvalue weighted by molar-refractivity contribution is -0.124. The minimum absolute atomic E-state index is 0.162. The van der Waals surface area contributed by atoms with Crippen molar-refractivity contribution < 1.29 is 13.2 Å². The summed E-state index contributed by atoms with van der Waals surface area (Å²) in [4.78, 5) is 12.5. The summed E-state index contributed by atoms with van der Waals surface area (Å²) in [5.41, 5.74) is 0.898. The normalized spacial score (nSPS) is 18.4. The van der Waals surface area contributed by atoms with E-state index in [1.54, 1.807) is 18.2 Å². The minimum atomic E-state index is -3.71. The first-order valence-electron chi connectivity index (χ1n) is 7.67. The molecule has 5 nitrogen and oxygen atoms in total. The van der Waals surface area contributed by atoms with Gasteiger partial charge in [0.15, 0.2) is 0 Å². The molecule has 1 saturated heterocycles. The van der Waals surface area contributed by atoms with E-state index in [1.807, 2.05) is 12.1 Å². The summed E-state index contributed by atoms with van der Waals surface area (Å²) in [5.74, 6) is -0.293. The summed E-state index contributed by atoms with van der Waals surface area (Å²) in [6.07, 6.45) is 1.15. The Hall–Kier alpha value is -1.12. The quantitative estimate of drug-likeness (QED) is 0.807. The maximum atomic E-state index is 12.8. The molecule has 1 amide bonds. The SMILES string of the molecule is O=C(NCc1ccc(Cl)cc1)[C@@H]1CCCN1S(=O)(=O)c1ccc(Cl)s1. The number of hydrogen-bond donors (Lipinski definition) is 1. The van der Waals surface area contributed by atoms with E-state index in [2.05, 4.69) is 5.32 Å². The molecular weight excluding hydrogens is 403 g/mol. The van der Waals surface area contributed by atoms with E-state index in [9.17, 15) is 13.2 Å². The van der Waals surface area contributed by atoms with Gasteiger partial charge >= 0.3 is 0 Å². The van der Waals surface area contributed by atoms with Gasteiger partial charge in [-0.1, -0.05) is 35.3 Å². The molecule has 0 spiro atoms. The van der Waals surface area contributed by atoms with Gasteiger partial charge in [-0.15, -0.1) is 11.3 Å². The molecule has 1 aromatic heterocycles. The third-order valence-electron chi connectivity index (χ3n) is 4.00. The van der Waals surface area contributed by atoms with Gasteiger partial charge in [-0.25, -0.2) is 8.42 Å². The summed E-state index contributed by atoms with van der Waals surface area (Å²) in [5, 5.41) is 3.43. The van der Waals surface area contributed by atoms with Gasteiger partial charge in [0.2, 0.25) is 5.91 Å². The lowest BCUT2D eigenvalue weighted by atomic mass is 10.2. The van der Waals surface area contributed by atoms with Gasteiger partial charge in [0, 0.05) is 18.1 Å². The van der Waals surface area contributed by atoms with Crippen LogP contribution in [0.15, 0.2) is 40.6 Å². The van der Waals surface area contributed by atoms with Crippen LogP contribution in [-0.2, 0) is 21.4 Å². The van der Waals surface area contributed by atoms with Gasteiger partial charge in [-0.05, 0) is 42.7 Å². The number of carbonyl (C=O) groups is 1. The van der Waals surface area contributed by atoms with Crippen LogP contribution in [-0.4, -0.2) is 31.2 Å². The Morgan fingerprint density at radius 3 is 2.56 bits per heavy atom. The maximum absolute atomic E-state index is 12.8. The van der Waals surface area contributed by atoms with Crippen LogP contribution < -0.4 is 5.32 Å². The summed E-state index contributed by atoms with van der Waals surface area (Å²) in [6.45, 7) is 0.655. The van der Waals surface area contributed by atoms with Crippen LogP contribution in [0.3, 0.4) is 0 Å². The molecule has 1 aromatic carbocycles. The Balaban J connectivity index is 1.70. The van der Waals surface area contributed by atoms with E-state index in [-0.39, 0.29) is 10.1 Å². The molecule has 0 unspecified atom stereocenters. The van der Waals surface area contributed by atoms with E-state index in [0.717, 1.165) is 16.9 Å². The molecule has 1 aliphatic heterocycles. The topological polar surface area (TPSA) is 66.5 Å². The summed E-state index contributed by atoms with van der Waals surface area (Å²) < 4.78 is 27.4. The average Bonchev–Trinajstić information content (AvgIpc) is 3.23. The number of carbonyl (C=O) groups excluding carboxylic acids is 1.